The van der Waals surface area contributed by atoms with E-state index in [4.69, 9.17) is 1.37 Å². The molecular formula is C12H16S2. The smallest absolute Gasteiger partial charge is 0.0532 e. The summed E-state index contributed by atoms with van der Waals surface area (Å²) < 4.78 is 8.01. The van der Waals surface area contributed by atoms with E-state index in [9.17, 15) is 0 Å². The van der Waals surface area contributed by atoms with Crippen molar-refractivity contribution in [2.24, 2.45) is 0 Å². The topological polar surface area (TPSA) is 0 Å². The molecule has 0 aromatic heterocycles. The predicted octanol–water partition coefficient (Wildman–Crippen LogP) is 3.82. The van der Waals surface area contributed by atoms with Crippen molar-refractivity contribution in [1.82, 2.24) is 0 Å². The Morgan fingerprint density at radius 3 is 2.64 bits per heavy atom. The summed E-state index contributed by atoms with van der Waals surface area (Å²) >= 11 is 3.63. The number of rotatable bonds is 3. The third kappa shape index (κ3) is 3.25. The van der Waals surface area contributed by atoms with Crippen LogP contribution in [0, 0.1) is 0 Å². The number of hydrogen-bond acceptors (Lipinski definition) is 2. The molecule has 0 bridgehead atoms. The van der Waals surface area contributed by atoms with Gasteiger partial charge in [0.05, 0.1) is 5.93 Å². The minimum absolute atomic E-state index is 0.284. The van der Waals surface area contributed by atoms with Crippen LogP contribution in [0.1, 0.15) is 19.8 Å². The summed E-state index contributed by atoms with van der Waals surface area (Å²) in [7, 11) is 0. The highest BCUT2D eigenvalue weighted by Gasteiger charge is 2.13. The van der Waals surface area contributed by atoms with Crippen molar-refractivity contribution in [2.45, 2.75) is 23.8 Å². The fourth-order valence-corrected chi connectivity index (χ4v) is 4.05. The second-order valence-corrected chi connectivity index (χ2v) is 6.05. The molecule has 76 valence electrons. The molecule has 1 fully saturated rings. The van der Waals surface area contributed by atoms with Crippen LogP contribution in [0.15, 0.2) is 30.3 Å². The summed E-state index contributed by atoms with van der Waals surface area (Å²) in [6.45, 7) is 0. The lowest BCUT2D eigenvalue weighted by atomic mass is 10.1. The number of thioether (sulfide) groups is 2. The van der Waals surface area contributed by atoms with E-state index in [2.05, 4.69) is 24.3 Å². The molecule has 0 atom stereocenters. The Labute approximate surface area is 96.3 Å². The molecule has 1 saturated heterocycles. The van der Waals surface area contributed by atoms with Gasteiger partial charge in [-0.05, 0) is 36.3 Å². The number of hydrogen-bond donors (Lipinski definition) is 0. The molecule has 0 saturated carbocycles. The highest BCUT2D eigenvalue weighted by Crippen LogP contribution is 2.33. The summed E-state index contributed by atoms with van der Waals surface area (Å²) in [5, 5.41) is 0. The third-order valence-electron chi connectivity index (χ3n) is 2.28. The summed E-state index contributed by atoms with van der Waals surface area (Å²) in [6.07, 6.45) is 3.26. The van der Waals surface area contributed by atoms with Gasteiger partial charge in [0.25, 0.3) is 0 Å². The Morgan fingerprint density at radius 1 is 1.21 bits per heavy atom. The first-order valence-electron chi connectivity index (χ1n) is 5.60. The number of aryl methyl sites for hydroxylation is 1. The molecule has 0 nitrogen and oxygen atoms in total. The molecule has 0 spiro atoms. The lowest BCUT2D eigenvalue weighted by molar-refractivity contribution is 0.894. The van der Waals surface area contributed by atoms with E-state index in [0.717, 1.165) is 24.3 Å². The molecular weight excluding hydrogens is 208 g/mol. The molecule has 0 N–H and O–H groups in total. The molecule has 1 aromatic rings. The predicted molar refractivity (Wildman–Crippen MR) is 68.1 cm³/mol. The normalized spacial score (nSPS) is 21.6. The van der Waals surface area contributed by atoms with Gasteiger partial charge in [0.2, 0.25) is 0 Å². The van der Waals surface area contributed by atoms with Crippen LogP contribution in [0.25, 0.3) is 0 Å². The zero-order chi connectivity index (χ0) is 10.6. The molecule has 2 heteroatoms. The lowest BCUT2D eigenvalue weighted by Crippen LogP contribution is -2.07. The van der Waals surface area contributed by atoms with E-state index in [1.807, 2.05) is 29.6 Å². The Balaban J connectivity index is 1.87. The first kappa shape index (κ1) is 9.17. The van der Waals surface area contributed by atoms with E-state index in [-0.39, 0.29) is 4.56 Å². The van der Waals surface area contributed by atoms with Crippen LogP contribution >= 0.6 is 23.5 Å². The van der Waals surface area contributed by atoms with Crippen molar-refractivity contribution in [3.63, 3.8) is 0 Å². The highest BCUT2D eigenvalue weighted by molar-refractivity contribution is 8.17. The quantitative estimate of drug-likeness (QED) is 0.767. The molecule has 0 unspecified atom stereocenters. The molecule has 0 aliphatic carbocycles. The molecule has 14 heavy (non-hydrogen) atoms. The fourth-order valence-electron chi connectivity index (χ4n) is 1.51. The lowest BCUT2D eigenvalue weighted by Gasteiger charge is -2.20. The summed E-state index contributed by atoms with van der Waals surface area (Å²) in [5.41, 5.74) is 1.36. The molecule has 1 aromatic carbocycles. The van der Waals surface area contributed by atoms with Gasteiger partial charge in [-0.15, -0.1) is 23.5 Å². The van der Waals surface area contributed by atoms with Gasteiger partial charge in [0.15, 0.2) is 0 Å². The van der Waals surface area contributed by atoms with Crippen molar-refractivity contribution in [3.8, 4) is 0 Å². The van der Waals surface area contributed by atoms with Gasteiger partial charge in [-0.3, -0.25) is 0 Å². The standard InChI is InChI=1S/C12H16S2/c1-2-5-11(6-3-1)7-8-12-13-9-4-10-14-12/h1-3,5-6,12H,4,7-10H2/i12D. The highest BCUT2D eigenvalue weighted by atomic mass is 32.2. The summed E-state index contributed by atoms with van der Waals surface area (Å²) in [5.74, 6) is 2.32. The molecule has 0 radical (unpaired) electrons. The van der Waals surface area contributed by atoms with E-state index < -0.39 is 0 Å². The van der Waals surface area contributed by atoms with Gasteiger partial charge in [0.1, 0.15) is 0 Å². The Kier molecular flexibility index (Phi) is 3.74. The van der Waals surface area contributed by atoms with Gasteiger partial charge in [-0.2, -0.15) is 0 Å². The average Bonchev–Trinajstić information content (AvgIpc) is 2.29. The SMILES string of the molecule is [2H]C1(CCc2ccccc2)SCCCS1. The second-order valence-electron chi connectivity index (χ2n) is 3.41. The van der Waals surface area contributed by atoms with Crippen LogP contribution in [0.4, 0.5) is 0 Å². The zero-order valence-electron chi connectivity index (χ0n) is 9.24. The van der Waals surface area contributed by atoms with Crippen molar-refractivity contribution < 1.29 is 1.37 Å². The van der Waals surface area contributed by atoms with Crippen molar-refractivity contribution in [3.05, 3.63) is 35.9 Å². The van der Waals surface area contributed by atoms with Gasteiger partial charge >= 0.3 is 0 Å². The van der Waals surface area contributed by atoms with E-state index >= 15 is 0 Å². The van der Waals surface area contributed by atoms with Crippen LogP contribution < -0.4 is 0 Å². The molecule has 2 rings (SSSR count). The molecule has 1 aliphatic heterocycles. The molecule has 1 aliphatic rings. The van der Waals surface area contributed by atoms with Crippen molar-refractivity contribution in [2.75, 3.05) is 11.5 Å². The van der Waals surface area contributed by atoms with Gasteiger partial charge in [0, 0.05) is 0 Å². The third-order valence-corrected chi connectivity index (χ3v) is 5.02. The maximum Gasteiger partial charge on any atom is 0.0532 e. The second kappa shape index (κ2) is 5.72. The zero-order valence-corrected chi connectivity index (χ0v) is 9.87. The monoisotopic (exact) mass is 225 g/mol. The minimum atomic E-state index is -0.284. The first-order chi connectivity index (χ1) is 7.29. The van der Waals surface area contributed by atoms with E-state index in [0.29, 0.717) is 0 Å². The molecule has 1 heterocycles. The van der Waals surface area contributed by atoms with Crippen molar-refractivity contribution in [1.29, 1.82) is 0 Å². The van der Waals surface area contributed by atoms with Gasteiger partial charge in [-0.25, -0.2) is 0 Å². The number of benzene rings is 1. The van der Waals surface area contributed by atoms with Gasteiger partial charge < -0.3 is 0 Å². The van der Waals surface area contributed by atoms with Crippen LogP contribution in [-0.4, -0.2) is 16.1 Å². The van der Waals surface area contributed by atoms with Crippen molar-refractivity contribution >= 4 is 23.5 Å². The maximum absolute atomic E-state index is 8.30. The Hall–Kier alpha value is -0.0800. The first-order valence-corrected chi connectivity index (χ1v) is 7.07. The van der Waals surface area contributed by atoms with Crippen LogP contribution in [0.5, 0.6) is 0 Å². The van der Waals surface area contributed by atoms with Crippen LogP contribution in [0.2, 0.25) is 0 Å². The van der Waals surface area contributed by atoms with Crippen LogP contribution in [0.3, 0.4) is 0 Å². The Morgan fingerprint density at radius 2 is 1.93 bits per heavy atom. The summed E-state index contributed by atoms with van der Waals surface area (Å²) in [4.78, 5) is 0. The minimum Gasteiger partial charge on any atom is -0.148 e. The Bertz CT molecular complexity index is 294. The molecule has 0 amide bonds. The summed E-state index contributed by atoms with van der Waals surface area (Å²) in [6, 6.07) is 10.5. The largest absolute Gasteiger partial charge is 0.148 e. The van der Waals surface area contributed by atoms with Crippen LogP contribution in [-0.2, 0) is 6.42 Å². The fraction of sp³-hybridized carbons (Fsp3) is 0.500. The van der Waals surface area contributed by atoms with E-state index in [1.54, 1.807) is 0 Å². The maximum atomic E-state index is 8.30. The average molecular weight is 225 g/mol. The van der Waals surface area contributed by atoms with Gasteiger partial charge in [-0.1, -0.05) is 30.3 Å². The van der Waals surface area contributed by atoms with E-state index in [1.165, 1.54) is 12.0 Å².